The molecule has 2 rings (SSSR count). The first-order chi connectivity index (χ1) is 10.4. The van der Waals surface area contributed by atoms with E-state index >= 15 is 0 Å². The standard InChI is InChI=1S/C17H17Cl2NO2/c1-11-7-12(2)9-14(8-11)22-6-5-17(21)20-16-4-3-13(18)10-15(16)19/h3-4,7-10H,5-6H2,1-2H3,(H,20,21). The fraction of sp³-hybridized carbons (Fsp3) is 0.235. The number of aryl methyl sites for hydroxylation is 2. The molecule has 0 saturated carbocycles. The Labute approximate surface area is 140 Å². The lowest BCUT2D eigenvalue weighted by molar-refractivity contribution is -0.116. The molecule has 0 fully saturated rings. The van der Waals surface area contributed by atoms with Crippen molar-refractivity contribution in [3.63, 3.8) is 0 Å². The number of nitrogens with one attached hydrogen (secondary N) is 1. The van der Waals surface area contributed by atoms with Crippen molar-refractivity contribution in [1.29, 1.82) is 0 Å². The normalized spacial score (nSPS) is 10.4. The Morgan fingerprint density at radius 3 is 2.41 bits per heavy atom. The number of halogens is 2. The summed E-state index contributed by atoms with van der Waals surface area (Å²) in [7, 11) is 0. The lowest BCUT2D eigenvalue weighted by Gasteiger charge is -2.10. The third-order valence-corrected chi connectivity index (χ3v) is 3.55. The van der Waals surface area contributed by atoms with E-state index in [9.17, 15) is 4.79 Å². The van der Waals surface area contributed by atoms with Crippen LogP contribution in [0.3, 0.4) is 0 Å². The maximum atomic E-state index is 11.9. The minimum Gasteiger partial charge on any atom is -0.493 e. The van der Waals surface area contributed by atoms with Crippen LogP contribution in [0.1, 0.15) is 17.5 Å². The van der Waals surface area contributed by atoms with Gasteiger partial charge in [-0.15, -0.1) is 0 Å². The van der Waals surface area contributed by atoms with Crippen LogP contribution in [-0.2, 0) is 4.79 Å². The van der Waals surface area contributed by atoms with Gasteiger partial charge in [0, 0.05) is 5.02 Å². The topological polar surface area (TPSA) is 38.3 Å². The predicted molar refractivity (Wildman–Crippen MR) is 91.1 cm³/mol. The summed E-state index contributed by atoms with van der Waals surface area (Å²) in [6, 6.07) is 10.9. The number of hydrogen-bond acceptors (Lipinski definition) is 2. The average molecular weight is 338 g/mol. The number of rotatable bonds is 5. The molecule has 0 atom stereocenters. The van der Waals surface area contributed by atoms with Gasteiger partial charge in [-0.1, -0.05) is 29.3 Å². The van der Waals surface area contributed by atoms with Crippen LogP contribution in [0.4, 0.5) is 5.69 Å². The van der Waals surface area contributed by atoms with Crippen LogP contribution in [0, 0.1) is 13.8 Å². The zero-order valence-electron chi connectivity index (χ0n) is 12.5. The zero-order valence-corrected chi connectivity index (χ0v) is 14.0. The summed E-state index contributed by atoms with van der Waals surface area (Å²) >= 11 is 11.8. The summed E-state index contributed by atoms with van der Waals surface area (Å²) < 4.78 is 5.61. The van der Waals surface area contributed by atoms with Crippen molar-refractivity contribution in [2.75, 3.05) is 11.9 Å². The van der Waals surface area contributed by atoms with Crippen molar-refractivity contribution in [2.45, 2.75) is 20.3 Å². The first-order valence-electron chi connectivity index (χ1n) is 6.90. The molecular formula is C17H17Cl2NO2. The molecule has 0 saturated heterocycles. The van der Waals surface area contributed by atoms with E-state index < -0.39 is 0 Å². The number of carbonyl (C=O) groups excluding carboxylic acids is 1. The maximum absolute atomic E-state index is 11.9. The Hall–Kier alpha value is -1.71. The molecule has 5 heteroatoms. The molecule has 2 aromatic carbocycles. The van der Waals surface area contributed by atoms with E-state index in [1.807, 2.05) is 26.0 Å². The SMILES string of the molecule is Cc1cc(C)cc(OCCC(=O)Nc2ccc(Cl)cc2Cl)c1. The van der Waals surface area contributed by atoms with Gasteiger partial charge in [-0.25, -0.2) is 0 Å². The van der Waals surface area contributed by atoms with E-state index in [0.717, 1.165) is 16.9 Å². The first-order valence-corrected chi connectivity index (χ1v) is 7.65. The molecule has 0 bridgehead atoms. The van der Waals surface area contributed by atoms with Crippen LogP contribution in [0.15, 0.2) is 36.4 Å². The van der Waals surface area contributed by atoms with E-state index in [0.29, 0.717) is 22.3 Å². The van der Waals surface area contributed by atoms with E-state index in [1.165, 1.54) is 0 Å². The Morgan fingerprint density at radius 1 is 1.09 bits per heavy atom. The number of benzene rings is 2. The molecule has 3 nitrogen and oxygen atoms in total. The largest absolute Gasteiger partial charge is 0.493 e. The fourth-order valence-corrected chi connectivity index (χ4v) is 2.54. The monoisotopic (exact) mass is 337 g/mol. The van der Waals surface area contributed by atoms with Gasteiger partial charge in [-0.05, 0) is 55.3 Å². The summed E-state index contributed by atoms with van der Waals surface area (Å²) in [6.45, 7) is 4.32. The third-order valence-electron chi connectivity index (χ3n) is 3.00. The highest BCUT2D eigenvalue weighted by Crippen LogP contribution is 2.25. The number of hydrogen-bond donors (Lipinski definition) is 1. The highest BCUT2D eigenvalue weighted by Gasteiger charge is 2.07. The molecule has 0 heterocycles. The van der Waals surface area contributed by atoms with Gasteiger partial charge in [0.1, 0.15) is 5.75 Å². The Balaban J connectivity index is 1.85. The van der Waals surface area contributed by atoms with Crippen molar-refractivity contribution >= 4 is 34.8 Å². The van der Waals surface area contributed by atoms with Crippen molar-refractivity contribution in [1.82, 2.24) is 0 Å². The number of amides is 1. The van der Waals surface area contributed by atoms with Gasteiger partial charge in [0.15, 0.2) is 0 Å². The molecule has 0 radical (unpaired) electrons. The molecule has 22 heavy (non-hydrogen) atoms. The number of anilines is 1. The molecule has 0 aliphatic carbocycles. The van der Waals surface area contributed by atoms with Gasteiger partial charge in [0.25, 0.3) is 0 Å². The summed E-state index contributed by atoms with van der Waals surface area (Å²) in [5, 5.41) is 3.68. The van der Waals surface area contributed by atoms with E-state index in [-0.39, 0.29) is 12.3 Å². The zero-order chi connectivity index (χ0) is 16.1. The first kappa shape index (κ1) is 16.7. The van der Waals surface area contributed by atoms with Gasteiger partial charge in [0.2, 0.25) is 5.91 Å². The van der Waals surface area contributed by atoms with Crippen LogP contribution in [0.5, 0.6) is 5.75 Å². The second-order valence-electron chi connectivity index (χ2n) is 5.09. The minimum absolute atomic E-state index is 0.159. The average Bonchev–Trinajstić information content (AvgIpc) is 2.41. The second kappa shape index (κ2) is 7.52. The Bertz CT molecular complexity index is 666. The van der Waals surface area contributed by atoms with E-state index in [2.05, 4.69) is 11.4 Å². The summed E-state index contributed by atoms with van der Waals surface area (Å²) in [5.41, 5.74) is 2.81. The van der Waals surface area contributed by atoms with Gasteiger partial charge < -0.3 is 10.1 Å². The highest BCUT2D eigenvalue weighted by atomic mass is 35.5. The second-order valence-corrected chi connectivity index (χ2v) is 5.94. The molecule has 0 aliphatic heterocycles. The Kier molecular flexibility index (Phi) is 5.69. The van der Waals surface area contributed by atoms with Gasteiger partial charge in [-0.3, -0.25) is 4.79 Å². The van der Waals surface area contributed by atoms with Gasteiger partial charge in [-0.2, -0.15) is 0 Å². The van der Waals surface area contributed by atoms with Crippen LogP contribution in [0.2, 0.25) is 10.0 Å². The van der Waals surface area contributed by atoms with Crippen molar-refractivity contribution in [3.05, 3.63) is 57.6 Å². The lowest BCUT2D eigenvalue weighted by Crippen LogP contribution is -2.15. The van der Waals surface area contributed by atoms with E-state index in [1.54, 1.807) is 18.2 Å². The van der Waals surface area contributed by atoms with E-state index in [4.69, 9.17) is 27.9 Å². The fourth-order valence-electron chi connectivity index (χ4n) is 2.08. The molecular weight excluding hydrogens is 321 g/mol. The molecule has 1 amide bonds. The van der Waals surface area contributed by atoms with Gasteiger partial charge in [0.05, 0.1) is 23.7 Å². The molecule has 1 N–H and O–H groups in total. The maximum Gasteiger partial charge on any atom is 0.227 e. The molecule has 116 valence electrons. The van der Waals surface area contributed by atoms with Gasteiger partial charge >= 0.3 is 0 Å². The molecule has 0 aliphatic rings. The summed E-state index contributed by atoms with van der Waals surface area (Å²) in [5.74, 6) is 0.614. The summed E-state index contributed by atoms with van der Waals surface area (Å²) in [4.78, 5) is 11.9. The summed E-state index contributed by atoms with van der Waals surface area (Å²) in [6.07, 6.45) is 0.242. The molecule has 0 spiro atoms. The number of carbonyl (C=O) groups is 1. The van der Waals surface area contributed by atoms with Crippen molar-refractivity contribution in [2.24, 2.45) is 0 Å². The van der Waals surface area contributed by atoms with Crippen LogP contribution >= 0.6 is 23.2 Å². The number of ether oxygens (including phenoxy) is 1. The van der Waals surface area contributed by atoms with Crippen LogP contribution in [-0.4, -0.2) is 12.5 Å². The van der Waals surface area contributed by atoms with Crippen molar-refractivity contribution in [3.8, 4) is 5.75 Å². The van der Waals surface area contributed by atoms with Crippen LogP contribution in [0.25, 0.3) is 0 Å². The molecule has 0 aromatic heterocycles. The van der Waals surface area contributed by atoms with Crippen LogP contribution < -0.4 is 10.1 Å². The highest BCUT2D eigenvalue weighted by molar-refractivity contribution is 6.36. The predicted octanol–water partition coefficient (Wildman–Crippen LogP) is 5.02. The third kappa shape index (κ3) is 4.93. The Morgan fingerprint density at radius 2 is 1.77 bits per heavy atom. The quantitative estimate of drug-likeness (QED) is 0.831. The minimum atomic E-state index is -0.159. The van der Waals surface area contributed by atoms with Crippen molar-refractivity contribution < 1.29 is 9.53 Å². The molecule has 2 aromatic rings. The lowest BCUT2D eigenvalue weighted by atomic mass is 10.1. The smallest absolute Gasteiger partial charge is 0.227 e. The molecule has 0 unspecified atom stereocenters.